The van der Waals surface area contributed by atoms with Gasteiger partial charge in [-0.3, -0.25) is 4.79 Å². The van der Waals surface area contributed by atoms with Gasteiger partial charge in [-0.05, 0) is 41.8 Å². The second kappa shape index (κ2) is 9.63. The lowest BCUT2D eigenvalue weighted by atomic mass is 10.1. The maximum Gasteiger partial charge on any atom is 0.255 e. The molecule has 0 unspecified atom stereocenters. The zero-order chi connectivity index (χ0) is 19.9. The summed E-state index contributed by atoms with van der Waals surface area (Å²) in [6, 6.07) is 20.9. The summed E-state index contributed by atoms with van der Waals surface area (Å²) >= 11 is 12.5. The van der Waals surface area contributed by atoms with E-state index in [4.69, 9.17) is 27.9 Å². The van der Waals surface area contributed by atoms with Crippen molar-refractivity contribution >= 4 is 34.8 Å². The zero-order valence-corrected chi connectivity index (χ0v) is 17.1. The minimum absolute atomic E-state index is 0.281. The van der Waals surface area contributed by atoms with Crippen molar-refractivity contribution in [3.05, 3.63) is 82.3 Å². The third kappa shape index (κ3) is 5.06. The number of nitrogens with one attached hydrogen (secondary N) is 1. The molecule has 1 N–H and O–H groups in total. The van der Waals surface area contributed by atoms with Gasteiger partial charge in [0, 0.05) is 11.3 Å². The summed E-state index contributed by atoms with van der Waals surface area (Å²) in [7, 11) is 0. The normalized spacial score (nSPS) is 10.5. The molecule has 3 nitrogen and oxygen atoms in total. The van der Waals surface area contributed by atoms with Crippen LogP contribution >= 0.6 is 23.2 Å². The van der Waals surface area contributed by atoms with Crippen molar-refractivity contribution in [2.75, 3.05) is 11.9 Å². The largest absolute Gasteiger partial charge is 0.490 e. The van der Waals surface area contributed by atoms with Crippen LogP contribution in [0.1, 0.15) is 30.1 Å². The van der Waals surface area contributed by atoms with Gasteiger partial charge in [0.05, 0.1) is 16.7 Å². The van der Waals surface area contributed by atoms with E-state index in [0.717, 1.165) is 24.0 Å². The molecule has 0 aliphatic carbocycles. The van der Waals surface area contributed by atoms with Gasteiger partial charge in [-0.2, -0.15) is 0 Å². The van der Waals surface area contributed by atoms with Crippen molar-refractivity contribution in [2.24, 2.45) is 0 Å². The van der Waals surface area contributed by atoms with Crippen LogP contribution in [0, 0.1) is 0 Å². The van der Waals surface area contributed by atoms with Gasteiger partial charge in [-0.15, -0.1) is 0 Å². The van der Waals surface area contributed by atoms with Crippen LogP contribution in [-0.2, 0) is 0 Å². The molecule has 0 saturated carbocycles. The fourth-order valence-electron chi connectivity index (χ4n) is 2.73. The van der Waals surface area contributed by atoms with Crippen LogP contribution in [0.2, 0.25) is 10.0 Å². The first-order valence-corrected chi connectivity index (χ1v) is 9.92. The molecule has 1 amide bonds. The monoisotopic (exact) mass is 413 g/mol. The molecule has 144 valence electrons. The van der Waals surface area contributed by atoms with Gasteiger partial charge in [0.1, 0.15) is 0 Å². The molecule has 0 heterocycles. The molecule has 28 heavy (non-hydrogen) atoms. The van der Waals surface area contributed by atoms with E-state index >= 15 is 0 Å². The second-order valence-electron chi connectivity index (χ2n) is 6.37. The molecule has 0 saturated heterocycles. The van der Waals surface area contributed by atoms with Crippen molar-refractivity contribution in [2.45, 2.75) is 19.8 Å². The van der Waals surface area contributed by atoms with Crippen LogP contribution < -0.4 is 10.1 Å². The van der Waals surface area contributed by atoms with Gasteiger partial charge in [0.2, 0.25) is 0 Å². The fraction of sp³-hybridized carbons (Fsp3) is 0.174. The summed E-state index contributed by atoms with van der Waals surface area (Å²) in [5, 5.41) is 3.52. The topological polar surface area (TPSA) is 38.3 Å². The second-order valence-corrected chi connectivity index (χ2v) is 7.18. The third-order valence-corrected chi connectivity index (χ3v) is 4.82. The van der Waals surface area contributed by atoms with Crippen molar-refractivity contribution in [3.63, 3.8) is 0 Å². The van der Waals surface area contributed by atoms with Gasteiger partial charge in [-0.25, -0.2) is 0 Å². The van der Waals surface area contributed by atoms with E-state index in [9.17, 15) is 4.79 Å². The number of carbonyl (C=O) groups excluding carboxylic acids is 1. The molecule has 3 rings (SSSR count). The quantitative estimate of drug-likeness (QED) is 0.419. The summed E-state index contributed by atoms with van der Waals surface area (Å²) < 4.78 is 5.62. The van der Waals surface area contributed by atoms with Crippen LogP contribution in [0.3, 0.4) is 0 Å². The standard InChI is InChI=1S/C23H21Cl2NO2/c1-2-3-13-28-22-20(24)14-18(15-21(22)25)23(27)26-19-11-9-17(10-12-19)16-7-5-4-6-8-16/h4-12,14-15H,2-3,13H2,1H3,(H,26,27). The Kier molecular flexibility index (Phi) is 6.96. The molecule has 0 bridgehead atoms. The zero-order valence-electron chi connectivity index (χ0n) is 15.5. The number of halogens is 2. The first kappa shape index (κ1) is 20.2. The lowest BCUT2D eigenvalue weighted by Crippen LogP contribution is -2.12. The number of amides is 1. The Morgan fingerprint density at radius 3 is 2.14 bits per heavy atom. The number of benzene rings is 3. The van der Waals surface area contributed by atoms with Crippen molar-refractivity contribution in [1.29, 1.82) is 0 Å². The summed E-state index contributed by atoms with van der Waals surface area (Å²) in [5.74, 6) is 0.136. The van der Waals surface area contributed by atoms with Crippen molar-refractivity contribution in [3.8, 4) is 16.9 Å². The molecular weight excluding hydrogens is 393 g/mol. The third-order valence-electron chi connectivity index (χ3n) is 4.25. The number of rotatable bonds is 7. The highest BCUT2D eigenvalue weighted by Crippen LogP contribution is 2.34. The highest BCUT2D eigenvalue weighted by Gasteiger charge is 2.14. The van der Waals surface area contributed by atoms with Gasteiger partial charge in [0.15, 0.2) is 5.75 Å². The lowest BCUT2D eigenvalue weighted by molar-refractivity contribution is 0.102. The predicted octanol–water partition coefficient (Wildman–Crippen LogP) is 7.09. The Hall–Kier alpha value is -2.49. The van der Waals surface area contributed by atoms with Crippen LogP contribution in [0.15, 0.2) is 66.7 Å². The molecule has 0 aromatic heterocycles. The Morgan fingerprint density at radius 1 is 0.929 bits per heavy atom. The Morgan fingerprint density at radius 2 is 1.54 bits per heavy atom. The average molecular weight is 414 g/mol. The molecule has 3 aromatic rings. The highest BCUT2D eigenvalue weighted by atomic mass is 35.5. The van der Waals surface area contributed by atoms with Gasteiger partial charge >= 0.3 is 0 Å². The van der Waals surface area contributed by atoms with E-state index in [1.54, 1.807) is 12.1 Å². The molecule has 0 spiro atoms. The van der Waals surface area contributed by atoms with Crippen LogP contribution in [0.25, 0.3) is 11.1 Å². The minimum Gasteiger partial charge on any atom is -0.490 e. The smallest absolute Gasteiger partial charge is 0.255 e. The predicted molar refractivity (Wildman–Crippen MR) is 117 cm³/mol. The average Bonchev–Trinajstić information content (AvgIpc) is 2.71. The summed E-state index contributed by atoms with van der Waals surface area (Å²) in [6.45, 7) is 2.61. The number of unbranched alkanes of at least 4 members (excludes halogenated alkanes) is 1. The van der Waals surface area contributed by atoms with E-state index in [1.165, 1.54) is 0 Å². The molecule has 0 aliphatic heterocycles. The van der Waals surface area contributed by atoms with Crippen molar-refractivity contribution < 1.29 is 9.53 Å². The maximum atomic E-state index is 12.6. The molecule has 5 heteroatoms. The molecule has 0 radical (unpaired) electrons. The van der Waals surface area contributed by atoms with E-state index in [0.29, 0.717) is 33.7 Å². The number of carbonyl (C=O) groups is 1. The van der Waals surface area contributed by atoms with E-state index in [-0.39, 0.29) is 5.91 Å². The minimum atomic E-state index is -0.281. The van der Waals surface area contributed by atoms with Crippen LogP contribution in [0.4, 0.5) is 5.69 Å². The summed E-state index contributed by atoms with van der Waals surface area (Å²) in [6.07, 6.45) is 1.92. The van der Waals surface area contributed by atoms with Gasteiger partial charge in [-0.1, -0.05) is 79.0 Å². The van der Waals surface area contributed by atoms with Crippen LogP contribution in [0.5, 0.6) is 5.75 Å². The summed E-state index contributed by atoms with van der Waals surface area (Å²) in [4.78, 5) is 12.6. The van der Waals surface area contributed by atoms with Crippen molar-refractivity contribution in [1.82, 2.24) is 0 Å². The molecular formula is C23H21Cl2NO2. The first-order chi connectivity index (χ1) is 13.6. The lowest BCUT2D eigenvalue weighted by Gasteiger charge is -2.12. The van der Waals surface area contributed by atoms with E-state index < -0.39 is 0 Å². The first-order valence-electron chi connectivity index (χ1n) is 9.17. The molecule has 0 fully saturated rings. The molecule has 0 aliphatic rings. The Labute approximate surface area is 175 Å². The number of anilines is 1. The van der Waals surface area contributed by atoms with E-state index in [2.05, 4.69) is 12.2 Å². The Bertz CT molecular complexity index is 918. The fourth-order valence-corrected chi connectivity index (χ4v) is 3.32. The highest BCUT2D eigenvalue weighted by molar-refractivity contribution is 6.37. The SMILES string of the molecule is CCCCOc1c(Cl)cc(C(=O)Nc2ccc(-c3ccccc3)cc2)cc1Cl. The number of hydrogen-bond donors (Lipinski definition) is 1. The number of ether oxygens (including phenoxy) is 1. The Balaban J connectivity index is 1.70. The molecule has 3 aromatic carbocycles. The number of hydrogen-bond acceptors (Lipinski definition) is 2. The summed E-state index contributed by atoms with van der Waals surface area (Å²) in [5.41, 5.74) is 3.28. The molecule has 0 atom stereocenters. The maximum absolute atomic E-state index is 12.6. The van der Waals surface area contributed by atoms with Crippen LogP contribution in [-0.4, -0.2) is 12.5 Å². The van der Waals surface area contributed by atoms with E-state index in [1.807, 2.05) is 54.6 Å². The van der Waals surface area contributed by atoms with Gasteiger partial charge < -0.3 is 10.1 Å². The van der Waals surface area contributed by atoms with Gasteiger partial charge in [0.25, 0.3) is 5.91 Å².